The van der Waals surface area contributed by atoms with Gasteiger partial charge in [0.2, 0.25) is 0 Å². The maximum absolute atomic E-state index is 12.7. The van der Waals surface area contributed by atoms with E-state index in [1.807, 2.05) is 13.8 Å². The number of hydrogen-bond acceptors (Lipinski definition) is 10. The Kier molecular flexibility index (Phi) is 8.28. The standard InChI is InChI=1S/C24H25N3O7S/c1-15(2)21(25)22(34-35(3,30)31)18-4-5-19(32-23(28)16-6-10-26-11-7-16)20(14-18)33-24(29)17-8-12-27-13-9-17/h4-15,21-22H,25H2,1-3H3. The lowest BCUT2D eigenvalue weighted by Gasteiger charge is -2.26. The molecule has 0 bridgehead atoms. The summed E-state index contributed by atoms with van der Waals surface area (Å²) in [5.74, 6) is -1.77. The van der Waals surface area contributed by atoms with Gasteiger partial charge in [-0.3, -0.25) is 14.2 Å². The second kappa shape index (κ2) is 11.2. The summed E-state index contributed by atoms with van der Waals surface area (Å²) >= 11 is 0. The van der Waals surface area contributed by atoms with E-state index in [4.69, 9.17) is 19.4 Å². The molecule has 0 radical (unpaired) electrons. The number of carbonyl (C=O) groups excluding carboxylic acids is 2. The molecule has 2 heterocycles. The maximum Gasteiger partial charge on any atom is 0.343 e. The molecule has 0 aliphatic rings. The van der Waals surface area contributed by atoms with Crippen molar-refractivity contribution in [3.05, 3.63) is 83.9 Å². The first-order valence-electron chi connectivity index (χ1n) is 10.6. The number of hydrogen-bond donors (Lipinski definition) is 1. The summed E-state index contributed by atoms with van der Waals surface area (Å²) in [5, 5.41) is 0. The third-order valence-corrected chi connectivity index (χ3v) is 5.49. The fourth-order valence-electron chi connectivity index (χ4n) is 3.04. The zero-order valence-electron chi connectivity index (χ0n) is 19.3. The topological polar surface area (TPSA) is 148 Å². The van der Waals surface area contributed by atoms with Crippen molar-refractivity contribution in [2.75, 3.05) is 6.26 Å². The van der Waals surface area contributed by atoms with E-state index in [1.165, 1.54) is 67.3 Å². The largest absolute Gasteiger partial charge is 0.419 e. The van der Waals surface area contributed by atoms with Gasteiger partial charge in [-0.25, -0.2) is 9.59 Å². The van der Waals surface area contributed by atoms with E-state index in [9.17, 15) is 18.0 Å². The molecule has 0 amide bonds. The highest BCUT2D eigenvalue weighted by molar-refractivity contribution is 7.86. The summed E-state index contributed by atoms with van der Waals surface area (Å²) in [4.78, 5) is 33.0. The molecule has 0 saturated carbocycles. The number of nitrogens with zero attached hydrogens (tertiary/aromatic N) is 2. The molecule has 0 spiro atoms. The summed E-state index contributed by atoms with van der Waals surface area (Å²) < 4.78 is 40.1. The van der Waals surface area contributed by atoms with Crippen LogP contribution in [0, 0.1) is 5.92 Å². The van der Waals surface area contributed by atoms with Crippen LogP contribution in [-0.2, 0) is 14.3 Å². The third-order valence-electron chi connectivity index (χ3n) is 4.93. The van der Waals surface area contributed by atoms with Crippen LogP contribution in [0.5, 0.6) is 11.5 Å². The molecule has 0 aliphatic carbocycles. The molecule has 2 unspecified atom stereocenters. The Balaban J connectivity index is 2.02. The first-order valence-corrected chi connectivity index (χ1v) is 12.4. The zero-order chi connectivity index (χ0) is 25.6. The zero-order valence-corrected chi connectivity index (χ0v) is 20.1. The van der Waals surface area contributed by atoms with E-state index in [0.717, 1.165) is 6.26 Å². The van der Waals surface area contributed by atoms with Crippen molar-refractivity contribution in [2.45, 2.75) is 26.0 Å². The van der Waals surface area contributed by atoms with Gasteiger partial charge in [0.1, 0.15) is 6.10 Å². The Hall–Kier alpha value is -3.67. The van der Waals surface area contributed by atoms with E-state index in [2.05, 4.69) is 9.97 Å². The van der Waals surface area contributed by atoms with Crippen LogP contribution >= 0.6 is 0 Å². The number of aromatic nitrogens is 2. The van der Waals surface area contributed by atoms with Gasteiger partial charge < -0.3 is 15.2 Å². The lowest BCUT2D eigenvalue weighted by Crippen LogP contribution is -2.36. The minimum Gasteiger partial charge on any atom is -0.419 e. The third kappa shape index (κ3) is 7.15. The van der Waals surface area contributed by atoms with Gasteiger partial charge in [-0.15, -0.1) is 0 Å². The highest BCUT2D eigenvalue weighted by Gasteiger charge is 2.29. The molecule has 184 valence electrons. The van der Waals surface area contributed by atoms with Crippen molar-refractivity contribution >= 4 is 22.1 Å². The van der Waals surface area contributed by atoms with E-state index >= 15 is 0 Å². The average molecular weight is 500 g/mol. The number of rotatable bonds is 9. The molecule has 3 rings (SSSR count). The lowest BCUT2D eigenvalue weighted by atomic mass is 9.94. The van der Waals surface area contributed by atoms with Crippen molar-refractivity contribution in [3.8, 4) is 11.5 Å². The van der Waals surface area contributed by atoms with Gasteiger partial charge in [-0.05, 0) is 47.9 Å². The fourth-order valence-corrected chi connectivity index (χ4v) is 3.66. The van der Waals surface area contributed by atoms with Crippen LogP contribution in [0.2, 0.25) is 0 Å². The van der Waals surface area contributed by atoms with Crippen LogP contribution in [0.4, 0.5) is 0 Å². The Bertz CT molecular complexity index is 1280. The highest BCUT2D eigenvalue weighted by Crippen LogP contribution is 2.35. The van der Waals surface area contributed by atoms with E-state index < -0.39 is 34.2 Å². The summed E-state index contributed by atoms with van der Waals surface area (Å²) in [7, 11) is -3.88. The molecule has 2 N–H and O–H groups in total. The molecule has 2 aromatic heterocycles. The van der Waals surface area contributed by atoms with E-state index in [0.29, 0.717) is 5.56 Å². The minimum atomic E-state index is -3.88. The molecule has 1 aromatic carbocycles. The Labute approximate surface area is 203 Å². The monoisotopic (exact) mass is 499 g/mol. The Morgan fingerprint density at radius 2 is 1.31 bits per heavy atom. The van der Waals surface area contributed by atoms with Crippen LogP contribution in [0.25, 0.3) is 0 Å². The van der Waals surface area contributed by atoms with Crippen molar-refractivity contribution < 1.29 is 31.7 Å². The summed E-state index contributed by atoms with van der Waals surface area (Å²) in [6, 6.07) is 9.39. The normalized spacial score (nSPS) is 13.2. The molecule has 3 aromatic rings. The first kappa shape index (κ1) is 25.9. The van der Waals surface area contributed by atoms with Crippen LogP contribution in [0.3, 0.4) is 0 Å². The molecule has 10 nitrogen and oxygen atoms in total. The average Bonchev–Trinajstić information content (AvgIpc) is 2.83. The summed E-state index contributed by atoms with van der Waals surface area (Å²) in [5.41, 5.74) is 7.00. The van der Waals surface area contributed by atoms with Gasteiger partial charge in [-0.2, -0.15) is 8.42 Å². The number of benzene rings is 1. The fraction of sp³-hybridized carbons (Fsp3) is 0.250. The van der Waals surface area contributed by atoms with Crippen molar-refractivity contribution in [1.82, 2.24) is 9.97 Å². The molecule has 2 atom stereocenters. The van der Waals surface area contributed by atoms with Gasteiger partial charge in [0, 0.05) is 30.8 Å². The van der Waals surface area contributed by atoms with Crippen LogP contribution < -0.4 is 15.2 Å². The molecule has 0 fully saturated rings. The second-order valence-electron chi connectivity index (χ2n) is 8.00. The number of pyridine rings is 2. The molecular weight excluding hydrogens is 474 g/mol. The molecule has 11 heteroatoms. The minimum absolute atomic E-state index is 0.0609. The SMILES string of the molecule is CC(C)C(N)C(OS(C)(=O)=O)c1ccc(OC(=O)c2ccncc2)c(OC(=O)c2ccncc2)c1. The smallest absolute Gasteiger partial charge is 0.343 e. The number of carbonyl (C=O) groups is 2. The Morgan fingerprint density at radius 3 is 1.77 bits per heavy atom. The van der Waals surface area contributed by atoms with Gasteiger partial charge in [0.15, 0.2) is 11.5 Å². The van der Waals surface area contributed by atoms with Crippen molar-refractivity contribution in [1.29, 1.82) is 0 Å². The highest BCUT2D eigenvalue weighted by atomic mass is 32.2. The van der Waals surface area contributed by atoms with E-state index in [1.54, 1.807) is 0 Å². The Morgan fingerprint density at radius 1 is 0.829 bits per heavy atom. The first-order chi connectivity index (χ1) is 16.5. The van der Waals surface area contributed by atoms with Gasteiger partial charge in [-0.1, -0.05) is 19.9 Å². The predicted octanol–water partition coefficient (Wildman–Crippen LogP) is 2.92. The molecule has 0 saturated heterocycles. The van der Waals surface area contributed by atoms with Gasteiger partial charge in [0.05, 0.1) is 17.4 Å². The maximum atomic E-state index is 12.7. The van der Waals surface area contributed by atoms with Crippen LogP contribution in [-0.4, -0.2) is 42.6 Å². The van der Waals surface area contributed by atoms with Gasteiger partial charge in [0.25, 0.3) is 10.1 Å². The van der Waals surface area contributed by atoms with Gasteiger partial charge >= 0.3 is 11.9 Å². The molecule has 35 heavy (non-hydrogen) atoms. The molecule has 0 aliphatic heterocycles. The number of esters is 2. The number of nitrogens with two attached hydrogens (primary N) is 1. The summed E-state index contributed by atoms with van der Waals surface area (Å²) in [6.45, 7) is 3.64. The van der Waals surface area contributed by atoms with Crippen molar-refractivity contribution in [3.63, 3.8) is 0 Å². The van der Waals surface area contributed by atoms with Crippen LogP contribution in [0.1, 0.15) is 46.2 Å². The van der Waals surface area contributed by atoms with Crippen LogP contribution in [0.15, 0.2) is 67.3 Å². The number of ether oxygens (including phenoxy) is 2. The van der Waals surface area contributed by atoms with Crippen molar-refractivity contribution in [2.24, 2.45) is 11.7 Å². The lowest BCUT2D eigenvalue weighted by molar-refractivity contribution is 0.0681. The summed E-state index contributed by atoms with van der Waals surface area (Å²) in [6.07, 6.45) is 5.56. The second-order valence-corrected chi connectivity index (χ2v) is 9.60. The van der Waals surface area contributed by atoms with E-state index in [-0.39, 0.29) is 28.5 Å². The molecular formula is C24H25N3O7S. The quantitative estimate of drug-likeness (QED) is 0.265. The predicted molar refractivity (Wildman–Crippen MR) is 126 cm³/mol.